The van der Waals surface area contributed by atoms with E-state index in [9.17, 15) is 9.18 Å². The second kappa shape index (κ2) is 4.76. The van der Waals surface area contributed by atoms with Crippen LogP contribution < -0.4 is 0 Å². The van der Waals surface area contributed by atoms with Crippen molar-refractivity contribution in [3.63, 3.8) is 0 Å². The zero-order chi connectivity index (χ0) is 14.3. The summed E-state index contributed by atoms with van der Waals surface area (Å²) in [6, 6.07) is 10.2. The van der Waals surface area contributed by atoms with Gasteiger partial charge in [0.2, 0.25) is 0 Å². The quantitative estimate of drug-likeness (QED) is 0.678. The third-order valence-corrected chi connectivity index (χ3v) is 3.62. The highest BCUT2D eigenvalue weighted by molar-refractivity contribution is 6.30. The maximum absolute atomic E-state index is 14.0. The largest absolute Gasteiger partial charge is 0.354 e. The van der Waals surface area contributed by atoms with Crippen molar-refractivity contribution in [2.45, 2.75) is 6.92 Å². The molecule has 100 valence electrons. The summed E-state index contributed by atoms with van der Waals surface area (Å²) in [6.07, 6.45) is 0.678. The van der Waals surface area contributed by atoms with E-state index < -0.39 is 5.82 Å². The molecule has 0 spiro atoms. The number of benzene rings is 2. The molecule has 0 aliphatic carbocycles. The lowest BCUT2D eigenvalue weighted by molar-refractivity contribution is 0.112. The minimum absolute atomic E-state index is 0.323. The van der Waals surface area contributed by atoms with Gasteiger partial charge in [0.05, 0.1) is 16.8 Å². The molecule has 1 aromatic heterocycles. The van der Waals surface area contributed by atoms with Gasteiger partial charge in [-0.25, -0.2) is 4.39 Å². The first-order valence-corrected chi connectivity index (χ1v) is 6.51. The van der Waals surface area contributed by atoms with Gasteiger partial charge in [-0.3, -0.25) is 4.79 Å². The highest BCUT2D eigenvalue weighted by atomic mass is 35.5. The Morgan fingerprint density at radius 3 is 2.75 bits per heavy atom. The standard InChI is InChI=1S/C16H11ClFNO/c1-9-5-6-13(18)14-12(8-20)16(19-15(9)14)10-3-2-4-11(17)7-10/h2-8,19H,1H3. The highest BCUT2D eigenvalue weighted by Crippen LogP contribution is 2.33. The van der Waals surface area contributed by atoms with Crippen LogP contribution in [0.3, 0.4) is 0 Å². The van der Waals surface area contributed by atoms with Crippen LogP contribution in [0.1, 0.15) is 15.9 Å². The average Bonchev–Trinajstić information content (AvgIpc) is 2.83. The summed E-state index contributed by atoms with van der Waals surface area (Å²) in [5.41, 5.74) is 3.20. The van der Waals surface area contributed by atoms with Crippen LogP contribution in [0.2, 0.25) is 5.02 Å². The van der Waals surface area contributed by atoms with Crippen LogP contribution in [0.15, 0.2) is 36.4 Å². The molecule has 20 heavy (non-hydrogen) atoms. The summed E-state index contributed by atoms with van der Waals surface area (Å²) in [7, 11) is 0. The topological polar surface area (TPSA) is 32.9 Å². The maximum atomic E-state index is 14.0. The van der Waals surface area contributed by atoms with Crippen LogP contribution in [0, 0.1) is 12.7 Å². The monoisotopic (exact) mass is 287 g/mol. The number of halogens is 2. The van der Waals surface area contributed by atoms with Crippen molar-refractivity contribution in [3.8, 4) is 11.3 Å². The third-order valence-electron chi connectivity index (χ3n) is 3.38. The fourth-order valence-corrected chi connectivity index (χ4v) is 2.60. The van der Waals surface area contributed by atoms with Crippen LogP contribution in [-0.2, 0) is 0 Å². The molecular formula is C16H11ClFNO. The van der Waals surface area contributed by atoms with Crippen molar-refractivity contribution in [2.24, 2.45) is 0 Å². The van der Waals surface area contributed by atoms with E-state index in [0.717, 1.165) is 11.1 Å². The molecule has 0 aliphatic rings. The molecule has 4 heteroatoms. The molecule has 0 amide bonds. The number of hydrogen-bond donors (Lipinski definition) is 1. The van der Waals surface area contributed by atoms with Crippen LogP contribution in [-0.4, -0.2) is 11.3 Å². The average molecular weight is 288 g/mol. The molecular weight excluding hydrogens is 277 g/mol. The Bertz CT molecular complexity index is 823. The molecule has 1 heterocycles. The van der Waals surface area contributed by atoms with Crippen molar-refractivity contribution in [3.05, 3.63) is 58.4 Å². The molecule has 3 aromatic rings. The molecule has 3 rings (SSSR count). The first-order valence-electron chi connectivity index (χ1n) is 6.13. The predicted octanol–water partition coefficient (Wildman–Crippen LogP) is 4.75. The zero-order valence-electron chi connectivity index (χ0n) is 10.7. The Balaban J connectivity index is 2.40. The van der Waals surface area contributed by atoms with E-state index in [2.05, 4.69) is 4.98 Å². The molecule has 0 radical (unpaired) electrons. The minimum atomic E-state index is -0.405. The van der Waals surface area contributed by atoms with Gasteiger partial charge in [0, 0.05) is 16.0 Å². The van der Waals surface area contributed by atoms with E-state index in [1.54, 1.807) is 24.3 Å². The third kappa shape index (κ3) is 1.91. The number of rotatable bonds is 2. The fourth-order valence-electron chi connectivity index (χ4n) is 2.41. The van der Waals surface area contributed by atoms with E-state index >= 15 is 0 Å². The van der Waals surface area contributed by atoms with Crippen LogP contribution >= 0.6 is 11.6 Å². The molecule has 0 saturated carbocycles. The predicted molar refractivity (Wildman–Crippen MR) is 78.8 cm³/mol. The first-order chi connectivity index (χ1) is 9.61. The molecule has 1 N–H and O–H groups in total. The van der Waals surface area contributed by atoms with Crippen LogP contribution in [0.4, 0.5) is 4.39 Å². The first kappa shape index (κ1) is 12.9. The lowest BCUT2D eigenvalue weighted by Gasteiger charge is -2.00. The molecule has 0 bridgehead atoms. The van der Waals surface area contributed by atoms with Gasteiger partial charge in [-0.05, 0) is 30.7 Å². The molecule has 0 unspecified atom stereocenters. The highest BCUT2D eigenvalue weighted by Gasteiger charge is 2.17. The normalized spacial score (nSPS) is 10.9. The number of fused-ring (bicyclic) bond motifs is 1. The van der Waals surface area contributed by atoms with Crippen molar-refractivity contribution >= 4 is 28.8 Å². The smallest absolute Gasteiger partial charge is 0.152 e. The number of carbonyl (C=O) groups excluding carboxylic acids is 1. The Hall–Kier alpha value is -2.13. The Kier molecular flexibility index (Phi) is 3.07. The summed E-state index contributed by atoms with van der Waals surface area (Å²) in [5.74, 6) is -0.405. The van der Waals surface area contributed by atoms with Crippen molar-refractivity contribution in [2.75, 3.05) is 0 Å². The number of H-pyrrole nitrogens is 1. The van der Waals surface area contributed by atoms with E-state index in [1.165, 1.54) is 6.07 Å². The SMILES string of the molecule is Cc1ccc(F)c2c(C=O)c(-c3cccc(Cl)c3)[nH]c12. The minimum Gasteiger partial charge on any atom is -0.354 e. The Morgan fingerprint density at radius 1 is 1.25 bits per heavy atom. The number of hydrogen-bond acceptors (Lipinski definition) is 1. The van der Waals surface area contributed by atoms with Crippen LogP contribution in [0.5, 0.6) is 0 Å². The van der Waals surface area contributed by atoms with Gasteiger partial charge >= 0.3 is 0 Å². The van der Waals surface area contributed by atoms with Gasteiger partial charge in [0.25, 0.3) is 0 Å². The van der Waals surface area contributed by atoms with E-state index in [-0.39, 0.29) is 0 Å². The Morgan fingerprint density at radius 2 is 2.05 bits per heavy atom. The summed E-state index contributed by atoms with van der Waals surface area (Å²) in [4.78, 5) is 14.5. The molecule has 0 fully saturated rings. The lowest BCUT2D eigenvalue weighted by Crippen LogP contribution is -1.86. The Labute approximate surface area is 120 Å². The van der Waals surface area contributed by atoms with Crippen LogP contribution in [0.25, 0.3) is 22.2 Å². The number of aromatic amines is 1. The number of aromatic nitrogens is 1. The molecule has 2 nitrogen and oxygen atoms in total. The van der Waals surface area contributed by atoms with E-state index in [1.807, 2.05) is 13.0 Å². The van der Waals surface area contributed by atoms with E-state index in [0.29, 0.717) is 33.5 Å². The zero-order valence-corrected chi connectivity index (χ0v) is 11.5. The number of aldehydes is 1. The summed E-state index contributed by atoms with van der Waals surface area (Å²) < 4.78 is 14.0. The summed E-state index contributed by atoms with van der Waals surface area (Å²) >= 11 is 5.98. The second-order valence-electron chi connectivity index (χ2n) is 4.66. The number of nitrogens with one attached hydrogen (secondary N) is 1. The molecule has 0 saturated heterocycles. The molecule has 2 aromatic carbocycles. The van der Waals surface area contributed by atoms with Gasteiger partial charge in [-0.15, -0.1) is 0 Å². The lowest BCUT2D eigenvalue weighted by atomic mass is 10.0. The van der Waals surface area contributed by atoms with Crippen molar-refractivity contribution < 1.29 is 9.18 Å². The van der Waals surface area contributed by atoms with Gasteiger partial charge in [-0.2, -0.15) is 0 Å². The molecule has 0 aliphatic heterocycles. The van der Waals surface area contributed by atoms with E-state index in [4.69, 9.17) is 11.6 Å². The molecule has 0 atom stereocenters. The summed E-state index contributed by atoms with van der Waals surface area (Å²) in [6.45, 7) is 1.87. The van der Waals surface area contributed by atoms with Crippen molar-refractivity contribution in [1.29, 1.82) is 0 Å². The van der Waals surface area contributed by atoms with Gasteiger partial charge in [0.15, 0.2) is 6.29 Å². The summed E-state index contributed by atoms with van der Waals surface area (Å²) in [5, 5.41) is 0.894. The number of aryl methyl sites for hydroxylation is 1. The van der Waals surface area contributed by atoms with Gasteiger partial charge in [-0.1, -0.05) is 29.8 Å². The van der Waals surface area contributed by atoms with Crippen molar-refractivity contribution in [1.82, 2.24) is 4.98 Å². The fraction of sp³-hybridized carbons (Fsp3) is 0.0625. The number of carbonyl (C=O) groups is 1. The van der Waals surface area contributed by atoms with Gasteiger partial charge < -0.3 is 4.98 Å². The second-order valence-corrected chi connectivity index (χ2v) is 5.09. The van der Waals surface area contributed by atoms with Gasteiger partial charge in [0.1, 0.15) is 5.82 Å². The maximum Gasteiger partial charge on any atom is 0.152 e.